The number of likely N-dealkylation sites (tertiary alicyclic amines) is 1. The van der Waals surface area contributed by atoms with Gasteiger partial charge in [0.05, 0.1) is 18.4 Å². The summed E-state index contributed by atoms with van der Waals surface area (Å²) in [6.07, 6.45) is 1.51. The van der Waals surface area contributed by atoms with E-state index in [4.69, 9.17) is 5.11 Å². The van der Waals surface area contributed by atoms with Gasteiger partial charge in [0.25, 0.3) is 0 Å². The number of hydrogen-bond acceptors (Lipinski definition) is 3. The Morgan fingerprint density at radius 2 is 1.96 bits per heavy atom. The molecule has 6 nitrogen and oxygen atoms in total. The second kappa shape index (κ2) is 6.63. The number of carbonyl (C=O) groups is 3. The molecule has 2 atom stereocenters. The van der Waals surface area contributed by atoms with Crippen molar-refractivity contribution in [3.05, 3.63) is 35.4 Å². The van der Waals surface area contributed by atoms with Crippen molar-refractivity contribution in [1.29, 1.82) is 0 Å². The van der Waals surface area contributed by atoms with E-state index in [1.807, 2.05) is 24.3 Å². The number of amides is 2. The summed E-state index contributed by atoms with van der Waals surface area (Å²) in [6, 6.07) is 7.66. The minimum absolute atomic E-state index is 0.0351. The fraction of sp³-hybridized carbons (Fsp3) is 0.500. The minimum Gasteiger partial charge on any atom is -0.481 e. The number of rotatable bonds is 3. The molecular weight excluding hydrogens is 308 g/mol. The zero-order valence-electron chi connectivity index (χ0n) is 13.8. The van der Waals surface area contributed by atoms with E-state index >= 15 is 0 Å². The standard InChI is InChI=1S/C18H22N2O4/c1-12(21)20-9-7-13-4-2-3-5-15(13)16(20)10-17(22)19-8-6-14(11-19)18(23)24/h2-5,14,16H,6-11H2,1H3,(H,23,24). The Bertz CT molecular complexity index is 673. The van der Waals surface area contributed by atoms with E-state index in [1.165, 1.54) is 12.5 Å². The average molecular weight is 330 g/mol. The lowest BCUT2D eigenvalue weighted by molar-refractivity contribution is -0.141. The van der Waals surface area contributed by atoms with Crippen molar-refractivity contribution in [3.8, 4) is 0 Å². The predicted molar refractivity (Wildman–Crippen MR) is 87.2 cm³/mol. The van der Waals surface area contributed by atoms with Gasteiger partial charge in [-0.3, -0.25) is 14.4 Å². The predicted octanol–water partition coefficient (Wildman–Crippen LogP) is 1.46. The number of carbonyl (C=O) groups excluding carboxylic acids is 2. The van der Waals surface area contributed by atoms with Crippen LogP contribution < -0.4 is 0 Å². The maximum Gasteiger partial charge on any atom is 0.308 e. The van der Waals surface area contributed by atoms with Crippen molar-refractivity contribution in [2.45, 2.75) is 32.2 Å². The van der Waals surface area contributed by atoms with Crippen molar-refractivity contribution in [2.75, 3.05) is 19.6 Å². The fourth-order valence-electron chi connectivity index (χ4n) is 3.73. The van der Waals surface area contributed by atoms with Crippen LogP contribution >= 0.6 is 0 Å². The topological polar surface area (TPSA) is 77.9 Å². The number of nitrogens with zero attached hydrogens (tertiary/aromatic N) is 2. The molecule has 2 aliphatic heterocycles. The van der Waals surface area contributed by atoms with Gasteiger partial charge in [-0.2, -0.15) is 0 Å². The first-order chi connectivity index (χ1) is 11.5. The Morgan fingerprint density at radius 3 is 2.62 bits per heavy atom. The van der Waals surface area contributed by atoms with Crippen molar-refractivity contribution in [2.24, 2.45) is 5.92 Å². The van der Waals surface area contributed by atoms with E-state index in [1.54, 1.807) is 9.80 Å². The molecule has 2 unspecified atom stereocenters. The van der Waals surface area contributed by atoms with Gasteiger partial charge in [-0.15, -0.1) is 0 Å². The van der Waals surface area contributed by atoms with Gasteiger partial charge in [0.15, 0.2) is 0 Å². The molecule has 1 aromatic rings. The summed E-state index contributed by atoms with van der Waals surface area (Å²) in [7, 11) is 0. The van der Waals surface area contributed by atoms with E-state index in [0.717, 1.165) is 12.0 Å². The van der Waals surface area contributed by atoms with Crippen LogP contribution in [-0.2, 0) is 20.8 Å². The van der Waals surface area contributed by atoms with Crippen LogP contribution in [0.15, 0.2) is 24.3 Å². The first-order valence-corrected chi connectivity index (χ1v) is 8.33. The second-order valence-corrected chi connectivity index (χ2v) is 6.54. The van der Waals surface area contributed by atoms with E-state index in [0.29, 0.717) is 19.5 Å². The summed E-state index contributed by atoms with van der Waals surface area (Å²) in [6.45, 7) is 2.89. The molecule has 0 spiro atoms. The van der Waals surface area contributed by atoms with E-state index in [-0.39, 0.29) is 30.8 Å². The molecule has 0 radical (unpaired) electrons. The van der Waals surface area contributed by atoms with Gasteiger partial charge in [-0.25, -0.2) is 0 Å². The smallest absolute Gasteiger partial charge is 0.308 e. The minimum atomic E-state index is -0.848. The fourth-order valence-corrected chi connectivity index (χ4v) is 3.73. The van der Waals surface area contributed by atoms with Crippen LogP contribution in [0, 0.1) is 5.92 Å². The zero-order chi connectivity index (χ0) is 17.3. The lowest BCUT2D eigenvalue weighted by Crippen LogP contribution is -2.41. The van der Waals surface area contributed by atoms with Crippen LogP contribution in [0.5, 0.6) is 0 Å². The Labute approximate surface area is 141 Å². The Hall–Kier alpha value is -2.37. The Balaban J connectivity index is 1.77. The van der Waals surface area contributed by atoms with Crippen LogP contribution in [0.2, 0.25) is 0 Å². The van der Waals surface area contributed by atoms with E-state index in [9.17, 15) is 14.4 Å². The molecule has 0 bridgehead atoms. The third-order valence-corrected chi connectivity index (χ3v) is 5.07. The highest BCUT2D eigenvalue weighted by atomic mass is 16.4. The lowest BCUT2D eigenvalue weighted by atomic mass is 9.90. The number of aliphatic carboxylic acids is 1. The van der Waals surface area contributed by atoms with Crippen LogP contribution in [-0.4, -0.2) is 52.3 Å². The number of hydrogen-bond donors (Lipinski definition) is 1. The SMILES string of the molecule is CC(=O)N1CCc2ccccc2C1CC(=O)N1CCC(C(=O)O)C1. The van der Waals surface area contributed by atoms with E-state index < -0.39 is 11.9 Å². The molecule has 6 heteroatoms. The second-order valence-electron chi connectivity index (χ2n) is 6.54. The number of benzene rings is 1. The molecule has 0 aromatic heterocycles. The molecule has 0 saturated carbocycles. The van der Waals surface area contributed by atoms with Gasteiger partial charge in [0, 0.05) is 26.6 Å². The van der Waals surface area contributed by atoms with Gasteiger partial charge in [-0.05, 0) is 24.0 Å². The largest absolute Gasteiger partial charge is 0.481 e. The summed E-state index contributed by atoms with van der Waals surface area (Å²) in [5.74, 6) is -1.44. The quantitative estimate of drug-likeness (QED) is 0.910. The number of carboxylic acids is 1. The van der Waals surface area contributed by atoms with Crippen molar-refractivity contribution >= 4 is 17.8 Å². The Morgan fingerprint density at radius 1 is 1.21 bits per heavy atom. The monoisotopic (exact) mass is 330 g/mol. The summed E-state index contributed by atoms with van der Waals surface area (Å²) < 4.78 is 0. The number of fused-ring (bicyclic) bond motifs is 1. The molecule has 2 aliphatic rings. The first kappa shape index (κ1) is 16.5. The molecule has 2 heterocycles. The molecule has 2 amide bonds. The number of carboxylic acid groups (broad SMARTS) is 1. The van der Waals surface area contributed by atoms with Gasteiger partial charge in [0.2, 0.25) is 11.8 Å². The first-order valence-electron chi connectivity index (χ1n) is 8.33. The van der Waals surface area contributed by atoms with Gasteiger partial charge in [-0.1, -0.05) is 24.3 Å². The molecule has 24 heavy (non-hydrogen) atoms. The third kappa shape index (κ3) is 3.13. The van der Waals surface area contributed by atoms with Gasteiger partial charge < -0.3 is 14.9 Å². The van der Waals surface area contributed by atoms with Crippen molar-refractivity contribution in [1.82, 2.24) is 9.80 Å². The van der Waals surface area contributed by atoms with Crippen LogP contribution in [0.1, 0.15) is 36.9 Å². The lowest BCUT2D eigenvalue weighted by Gasteiger charge is -2.37. The highest BCUT2D eigenvalue weighted by molar-refractivity contribution is 5.81. The molecule has 1 fully saturated rings. The molecule has 1 N–H and O–H groups in total. The van der Waals surface area contributed by atoms with Crippen LogP contribution in [0.4, 0.5) is 0 Å². The highest BCUT2D eigenvalue weighted by Gasteiger charge is 2.35. The summed E-state index contributed by atoms with van der Waals surface area (Å²) in [4.78, 5) is 39.1. The zero-order valence-corrected chi connectivity index (χ0v) is 13.8. The van der Waals surface area contributed by atoms with Crippen molar-refractivity contribution in [3.63, 3.8) is 0 Å². The van der Waals surface area contributed by atoms with E-state index in [2.05, 4.69) is 0 Å². The normalized spacial score (nSPS) is 23.0. The molecule has 3 rings (SSSR count). The maximum absolute atomic E-state index is 12.7. The van der Waals surface area contributed by atoms with Crippen LogP contribution in [0.25, 0.3) is 0 Å². The summed E-state index contributed by atoms with van der Waals surface area (Å²) >= 11 is 0. The summed E-state index contributed by atoms with van der Waals surface area (Å²) in [5, 5.41) is 9.09. The van der Waals surface area contributed by atoms with Crippen LogP contribution in [0.3, 0.4) is 0 Å². The molecular formula is C18H22N2O4. The molecule has 1 saturated heterocycles. The van der Waals surface area contributed by atoms with Crippen molar-refractivity contribution < 1.29 is 19.5 Å². The summed E-state index contributed by atoms with van der Waals surface area (Å²) in [5.41, 5.74) is 2.21. The van der Waals surface area contributed by atoms with Gasteiger partial charge in [0.1, 0.15) is 0 Å². The molecule has 1 aromatic carbocycles. The third-order valence-electron chi connectivity index (χ3n) is 5.07. The average Bonchev–Trinajstić information content (AvgIpc) is 3.05. The maximum atomic E-state index is 12.7. The van der Waals surface area contributed by atoms with Gasteiger partial charge >= 0.3 is 5.97 Å². The Kier molecular flexibility index (Phi) is 4.55. The highest BCUT2D eigenvalue weighted by Crippen LogP contribution is 2.33. The molecule has 128 valence electrons. The molecule has 0 aliphatic carbocycles.